The molecule has 3 aromatic rings. The molecule has 0 radical (unpaired) electrons. The Morgan fingerprint density at radius 3 is 2.12 bits per heavy atom. The molecule has 1 atom stereocenters. The van der Waals surface area contributed by atoms with Crippen LogP contribution >= 0.6 is 11.3 Å². The van der Waals surface area contributed by atoms with Gasteiger partial charge in [-0.15, -0.1) is 11.3 Å². The van der Waals surface area contributed by atoms with Gasteiger partial charge in [0.2, 0.25) is 15.9 Å². The number of benzene rings is 2. The van der Waals surface area contributed by atoms with Crippen molar-refractivity contribution in [2.24, 2.45) is 5.92 Å². The van der Waals surface area contributed by atoms with Crippen molar-refractivity contribution in [3.63, 3.8) is 0 Å². The van der Waals surface area contributed by atoms with E-state index in [4.69, 9.17) is 0 Å². The fourth-order valence-corrected chi connectivity index (χ4v) is 6.08. The number of piperidine rings is 1. The van der Waals surface area contributed by atoms with Crippen LogP contribution in [0, 0.1) is 17.6 Å². The number of nitrogens with one attached hydrogen (secondary N) is 1. The zero-order valence-corrected chi connectivity index (χ0v) is 18.7. The number of rotatable bonds is 6. The molecule has 0 bridgehead atoms. The summed E-state index contributed by atoms with van der Waals surface area (Å²) >= 11 is 1.50. The minimum Gasteiger partial charge on any atom is -0.344 e. The molecule has 4 rings (SSSR count). The second-order valence-corrected chi connectivity index (χ2v) is 10.6. The lowest BCUT2D eigenvalue weighted by Crippen LogP contribution is -2.43. The Bertz CT molecular complexity index is 1160. The van der Waals surface area contributed by atoms with Crippen molar-refractivity contribution in [1.82, 2.24) is 9.62 Å². The van der Waals surface area contributed by atoms with Crippen molar-refractivity contribution < 1.29 is 22.0 Å². The Kier molecular flexibility index (Phi) is 6.68. The minimum absolute atomic E-state index is 0.0378. The molecule has 9 heteroatoms. The Hall–Kier alpha value is -2.62. The molecule has 1 fully saturated rings. The second-order valence-electron chi connectivity index (χ2n) is 7.64. The first-order valence-corrected chi connectivity index (χ1v) is 12.5. The van der Waals surface area contributed by atoms with E-state index in [1.54, 1.807) is 12.1 Å². The third-order valence-corrected chi connectivity index (χ3v) is 8.44. The number of halogens is 2. The predicted molar refractivity (Wildman–Crippen MR) is 119 cm³/mol. The van der Waals surface area contributed by atoms with Gasteiger partial charge in [-0.2, -0.15) is 4.31 Å². The summed E-state index contributed by atoms with van der Waals surface area (Å²) in [7, 11) is -3.73. The van der Waals surface area contributed by atoms with E-state index < -0.39 is 21.9 Å². The first-order chi connectivity index (χ1) is 15.3. The summed E-state index contributed by atoms with van der Waals surface area (Å²) in [6.45, 7) is 0.413. The van der Waals surface area contributed by atoms with E-state index in [9.17, 15) is 22.0 Å². The summed E-state index contributed by atoms with van der Waals surface area (Å²) in [4.78, 5) is 14.0. The third-order valence-electron chi connectivity index (χ3n) is 5.59. The van der Waals surface area contributed by atoms with E-state index >= 15 is 0 Å². The quantitative estimate of drug-likeness (QED) is 0.576. The summed E-state index contributed by atoms with van der Waals surface area (Å²) in [5, 5.41) is 4.97. The average Bonchev–Trinajstić information content (AvgIpc) is 3.33. The maximum absolute atomic E-state index is 13.4. The van der Waals surface area contributed by atoms with E-state index in [0.717, 1.165) is 22.6 Å². The normalized spacial score (nSPS) is 16.6. The van der Waals surface area contributed by atoms with Crippen LogP contribution in [-0.2, 0) is 14.8 Å². The van der Waals surface area contributed by atoms with Crippen molar-refractivity contribution in [2.75, 3.05) is 13.1 Å². The molecule has 2 aromatic carbocycles. The van der Waals surface area contributed by atoms with Gasteiger partial charge in [0.05, 0.1) is 10.9 Å². The average molecular weight is 477 g/mol. The van der Waals surface area contributed by atoms with Gasteiger partial charge in [-0.1, -0.05) is 18.2 Å². The number of thiophene rings is 1. The molecule has 2 heterocycles. The van der Waals surface area contributed by atoms with Gasteiger partial charge < -0.3 is 5.32 Å². The topological polar surface area (TPSA) is 66.5 Å². The standard InChI is InChI=1S/C23H22F2N2O3S2/c24-18-5-3-16(4-6-18)22(21-2-1-15-31-21)26-23(28)17-11-13-27(14-12-17)32(29,30)20-9-7-19(25)8-10-20/h1-10,15,17,22H,11-14H2,(H,26,28)/t22-/m0/s1. The molecule has 168 valence electrons. The van der Waals surface area contributed by atoms with Gasteiger partial charge in [-0.05, 0) is 66.2 Å². The molecule has 5 nitrogen and oxygen atoms in total. The van der Waals surface area contributed by atoms with Gasteiger partial charge in [-0.25, -0.2) is 17.2 Å². The zero-order chi connectivity index (χ0) is 22.7. The van der Waals surface area contributed by atoms with E-state index in [-0.39, 0.29) is 35.6 Å². The SMILES string of the molecule is O=C(N[C@@H](c1ccc(F)cc1)c1cccs1)C1CCN(S(=O)(=O)c2ccc(F)cc2)CC1. The number of hydrogen-bond acceptors (Lipinski definition) is 4. The summed E-state index contributed by atoms with van der Waals surface area (Å²) in [6, 6.07) is 14.2. The first kappa shape index (κ1) is 22.6. The van der Waals surface area contributed by atoms with Gasteiger partial charge in [0.15, 0.2) is 0 Å². The molecular weight excluding hydrogens is 454 g/mol. The van der Waals surface area contributed by atoms with Crippen molar-refractivity contribution >= 4 is 27.3 Å². The molecule has 1 N–H and O–H groups in total. The molecule has 0 unspecified atom stereocenters. The van der Waals surface area contributed by atoms with Gasteiger partial charge in [-0.3, -0.25) is 4.79 Å². The van der Waals surface area contributed by atoms with Crippen molar-refractivity contribution in [1.29, 1.82) is 0 Å². The van der Waals surface area contributed by atoms with Gasteiger partial charge in [0, 0.05) is 23.9 Å². The lowest BCUT2D eigenvalue weighted by molar-refractivity contribution is -0.126. The highest BCUT2D eigenvalue weighted by Gasteiger charge is 2.33. The fourth-order valence-electron chi connectivity index (χ4n) is 3.80. The lowest BCUT2D eigenvalue weighted by Gasteiger charge is -2.31. The van der Waals surface area contributed by atoms with Crippen molar-refractivity contribution in [3.05, 3.63) is 88.1 Å². The van der Waals surface area contributed by atoms with E-state index in [0.29, 0.717) is 12.8 Å². The van der Waals surface area contributed by atoms with Crippen LogP contribution in [0.1, 0.15) is 29.3 Å². The van der Waals surface area contributed by atoms with Gasteiger partial charge in [0.1, 0.15) is 11.6 Å². The Labute approximate surface area is 189 Å². The summed E-state index contributed by atoms with van der Waals surface area (Å²) < 4.78 is 53.4. The molecule has 1 aromatic heterocycles. The highest BCUT2D eigenvalue weighted by atomic mass is 32.2. The van der Waals surface area contributed by atoms with Crippen LogP contribution in [0.3, 0.4) is 0 Å². The molecule has 1 aliphatic rings. The largest absolute Gasteiger partial charge is 0.344 e. The van der Waals surface area contributed by atoms with E-state index in [1.807, 2.05) is 17.5 Å². The number of nitrogens with zero attached hydrogens (tertiary/aromatic N) is 1. The lowest BCUT2D eigenvalue weighted by atomic mass is 9.96. The summed E-state index contributed by atoms with van der Waals surface area (Å²) in [5.74, 6) is -1.34. The maximum atomic E-state index is 13.4. The summed E-state index contributed by atoms with van der Waals surface area (Å²) in [5.41, 5.74) is 0.776. The van der Waals surface area contributed by atoms with E-state index in [2.05, 4.69) is 5.32 Å². The molecule has 0 spiro atoms. The molecule has 32 heavy (non-hydrogen) atoms. The van der Waals surface area contributed by atoms with Crippen LogP contribution in [0.5, 0.6) is 0 Å². The molecular formula is C23H22F2N2O3S2. The van der Waals surface area contributed by atoms with Crippen LogP contribution < -0.4 is 5.32 Å². The van der Waals surface area contributed by atoms with Crippen LogP contribution in [0.2, 0.25) is 0 Å². The molecule has 0 saturated carbocycles. The predicted octanol–water partition coefficient (Wildman–Crippen LogP) is 4.33. The Balaban J connectivity index is 1.43. The highest BCUT2D eigenvalue weighted by molar-refractivity contribution is 7.89. The number of amides is 1. The van der Waals surface area contributed by atoms with Gasteiger partial charge >= 0.3 is 0 Å². The van der Waals surface area contributed by atoms with Crippen molar-refractivity contribution in [3.8, 4) is 0 Å². The third kappa shape index (κ3) is 4.90. The minimum atomic E-state index is -3.73. The fraction of sp³-hybridized carbons (Fsp3) is 0.261. The van der Waals surface area contributed by atoms with E-state index in [1.165, 1.54) is 39.9 Å². The molecule has 1 aliphatic heterocycles. The Morgan fingerprint density at radius 1 is 0.969 bits per heavy atom. The highest BCUT2D eigenvalue weighted by Crippen LogP contribution is 2.29. The van der Waals surface area contributed by atoms with Crippen molar-refractivity contribution in [2.45, 2.75) is 23.8 Å². The molecule has 1 saturated heterocycles. The molecule has 1 amide bonds. The first-order valence-electron chi connectivity index (χ1n) is 10.2. The zero-order valence-electron chi connectivity index (χ0n) is 17.1. The van der Waals surface area contributed by atoms with Crippen LogP contribution in [0.25, 0.3) is 0 Å². The number of carbonyl (C=O) groups is 1. The van der Waals surface area contributed by atoms with Crippen LogP contribution in [-0.4, -0.2) is 31.7 Å². The second kappa shape index (κ2) is 9.48. The Morgan fingerprint density at radius 2 is 1.56 bits per heavy atom. The van der Waals surface area contributed by atoms with Gasteiger partial charge in [0.25, 0.3) is 0 Å². The monoisotopic (exact) mass is 476 g/mol. The number of carbonyl (C=O) groups excluding carboxylic acids is 1. The smallest absolute Gasteiger partial charge is 0.243 e. The maximum Gasteiger partial charge on any atom is 0.243 e. The van der Waals surface area contributed by atoms with Crippen LogP contribution in [0.15, 0.2) is 70.9 Å². The van der Waals surface area contributed by atoms with Crippen LogP contribution in [0.4, 0.5) is 8.78 Å². The summed E-state index contributed by atoms with van der Waals surface area (Å²) in [6.07, 6.45) is 0.764. The number of sulfonamides is 1. The molecule has 0 aliphatic carbocycles. The number of hydrogen-bond donors (Lipinski definition) is 1.